The minimum atomic E-state index is -0.0367. The number of halogens is 1. The van der Waals surface area contributed by atoms with Crippen LogP contribution < -0.4 is 5.32 Å². The van der Waals surface area contributed by atoms with Crippen LogP contribution in [0.25, 0.3) is 0 Å². The van der Waals surface area contributed by atoms with E-state index >= 15 is 0 Å². The van der Waals surface area contributed by atoms with Crippen molar-refractivity contribution in [2.75, 3.05) is 7.05 Å². The average Bonchev–Trinajstić information content (AvgIpc) is 2.79. The summed E-state index contributed by atoms with van der Waals surface area (Å²) in [7, 11) is 1.62. The van der Waals surface area contributed by atoms with E-state index in [0.717, 1.165) is 11.4 Å². The minimum Gasteiger partial charge on any atom is -0.358 e. The molecule has 1 heterocycles. The lowest BCUT2D eigenvalue weighted by Gasteiger charge is -2.07. The van der Waals surface area contributed by atoms with Gasteiger partial charge in [0.1, 0.15) is 12.4 Å². The Balaban J connectivity index is 2.12. The number of nitrogens with one attached hydrogen (secondary N) is 1. The van der Waals surface area contributed by atoms with Gasteiger partial charge in [0, 0.05) is 30.9 Å². The maximum Gasteiger partial charge on any atom is 0.239 e. The van der Waals surface area contributed by atoms with Gasteiger partial charge in [0.05, 0.1) is 0 Å². The lowest BCUT2D eigenvalue weighted by molar-refractivity contribution is -0.121. The molecule has 1 N–H and O–H groups in total. The number of hydrogen-bond acceptors (Lipinski definition) is 2. The van der Waals surface area contributed by atoms with Gasteiger partial charge < -0.3 is 9.88 Å². The molecule has 1 aromatic carbocycles. The largest absolute Gasteiger partial charge is 0.358 e. The molecule has 4 nitrogen and oxygen atoms in total. The Morgan fingerprint density at radius 2 is 2.11 bits per heavy atom. The highest BCUT2D eigenvalue weighted by atomic mass is 35.5. The Bertz CT molecular complexity index is 533. The molecular weight excluding hydrogens is 250 g/mol. The predicted octanol–water partition coefficient (Wildman–Crippen LogP) is 1.87. The topological polar surface area (TPSA) is 46.9 Å². The van der Waals surface area contributed by atoms with Crippen molar-refractivity contribution >= 4 is 17.5 Å². The van der Waals surface area contributed by atoms with Gasteiger partial charge in [-0.25, -0.2) is 4.98 Å². The lowest BCUT2D eigenvalue weighted by Crippen LogP contribution is -2.24. The summed E-state index contributed by atoms with van der Waals surface area (Å²) in [6.07, 6.45) is 4.19. The zero-order valence-electron chi connectivity index (χ0n) is 10.1. The quantitative estimate of drug-likeness (QED) is 0.916. The van der Waals surface area contributed by atoms with Crippen LogP contribution in [0.15, 0.2) is 36.7 Å². The normalized spacial score (nSPS) is 10.3. The number of hydrogen-bond donors (Lipinski definition) is 1. The number of rotatable bonds is 4. The van der Waals surface area contributed by atoms with Crippen LogP contribution in [0.2, 0.25) is 5.02 Å². The third kappa shape index (κ3) is 3.11. The SMILES string of the molecule is CNC(=O)Cn1ccnc1Cc1ccc(Cl)cc1. The van der Waals surface area contributed by atoms with Gasteiger partial charge in [-0.1, -0.05) is 23.7 Å². The maximum atomic E-state index is 11.4. The second-order valence-electron chi connectivity index (χ2n) is 3.95. The first kappa shape index (κ1) is 12.6. The molecule has 5 heteroatoms. The summed E-state index contributed by atoms with van der Waals surface area (Å²) in [5.74, 6) is 0.825. The number of imidazole rings is 1. The van der Waals surface area contributed by atoms with E-state index < -0.39 is 0 Å². The Morgan fingerprint density at radius 1 is 1.39 bits per heavy atom. The van der Waals surface area contributed by atoms with E-state index in [-0.39, 0.29) is 5.91 Å². The molecule has 18 heavy (non-hydrogen) atoms. The molecule has 1 aromatic heterocycles. The Hall–Kier alpha value is -1.81. The van der Waals surface area contributed by atoms with Gasteiger partial charge in [0.2, 0.25) is 5.91 Å². The number of nitrogens with zero attached hydrogens (tertiary/aromatic N) is 2. The fourth-order valence-electron chi connectivity index (χ4n) is 1.67. The van der Waals surface area contributed by atoms with E-state index in [1.165, 1.54) is 0 Å². The third-order valence-electron chi connectivity index (χ3n) is 2.67. The van der Waals surface area contributed by atoms with Crippen LogP contribution in [-0.2, 0) is 17.8 Å². The van der Waals surface area contributed by atoms with Crippen molar-refractivity contribution in [2.24, 2.45) is 0 Å². The third-order valence-corrected chi connectivity index (χ3v) is 2.92. The fraction of sp³-hybridized carbons (Fsp3) is 0.231. The predicted molar refractivity (Wildman–Crippen MR) is 70.6 cm³/mol. The van der Waals surface area contributed by atoms with Crippen molar-refractivity contribution in [2.45, 2.75) is 13.0 Å². The summed E-state index contributed by atoms with van der Waals surface area (Å²) in [4.78, 5) is 15.6. The summed E-state index contributed by atoms with van der Waals surface area (Å²) in [6.45, 7) is 0.291. The number of carbonyl (C=O) groups excluding carboxylic acids is 1. The van der Waals surface area contributed by atoms with Crippen LogP contribution in [0.1, 0.15) is 11.4 Å². The van der Waals surface area contributed by atoms with E-state index in [2.05, 4.69) is 10.3 Å². The summed E-state index contributed by atoms with van der Waals surface area (Å²) < 4.78 is 1.84. The van der Waals surface area contributed by atoms with Crippen molar-refractivity contribution in [1.82, 2.24) is 14.9 Å². The zero-order valence-corrected chi connectivity index (χ0v) is 10.8. The number of benzene rings is 1. The Morgan fingerprint density at radius 3 is 2.78 bits per heavy atom. The summed E-state index contributed by atoms with van der Waals surface area (Å²) in [5.41, 5.74) is 1.11. The molecule has 0 radical (unpaired) electrons. The molecule has 0 aliphatic rings. The zero-order chi connectivity index (χ0) is 13.0. The summed E-state index contributed by atoms with van der Waals surface area (Å²) >= 11 is 5.84. The second-order valence-corrected chi connectivity index (χ2v) is 4.38. The molecule has 0 aliphatic carbocycles. The van der Waals surface area contributed by atoms with Crippen LogP contribution in [-0.4, -0.2) is 22.5 Å². The highest BCUT2D eigenvalue weighted by molar-refractivity contribution is 6.30. The molecule has 94 valence electrons. The highest BCUT2D eigenvalue weighted by Crippen LogP contribution is 2.12. The van der Waals surface area contributed by atoms with Gasteiger partial charge in [-0.2, -0.15) is 0 Å². The molecular formula is C13H14ClN3O. The summed E-state index contributed by atoms with van der Waals surface area (Å²) in [5, 5.41) is 3.31. The van der Waals surface area contributed by atoms with Crippen molar-refractivity contribution < 1.29 is 4.79 Å². The molecule has 1 amide bonds. The van der Waals surface area contributed by atoms with Gasteiger partial charge in [-0.15, -0.1) is 0 Å². The molecule has 2 rings (SSSR count). The first-order chi connectivity index (χ1) is 8.69. The van der Waals surface area contributed by atoms with E-state index in [1.807, 2.05) is 28.8 Å². The van der Waals surface area contributed by atoms with E-state index in [9.17, 15) is 4.79 Å². The molecule has 0 unspecified atom stereocenters. The maximum absolute atomic E-state index is 11.4. The average molecular weight is 264 g/mol. The van der Waals surface area contributed by atoms with Gasteiger partial charge in [0.15, 0.2) is 0 Å². The molecule has 2 aromatic rings. The van der Waals surface area contributed by atoms with Gasteiger partial charge >= 0.3 is 0 Å². The molecule has 0 spiro atoms. The highest BCUT2D eigenvalue weighted by Gasteiger charge is 2.07. The van der Waals surface area contributed by atoms with E-state index in [4.69, 9.17) is 11.6 Å². The van der Waals surface area contributed by atoms with Crippen LogP contribution in [0, 0.1) is 0 Å². The monoisotopic (exact) mass is 263 g/mol. The number of aromatic nitrogens is 2. The van der Waals surface area contributed by atoms with Crippen LogP contribution >= 0.6 is 11.6 Å². The van der Waals surface area contributed by atoms with E-state index in [0.29, 0.717) is 18.0 Å². The van der Waals surface area contributed by atoms with Gasteiger partial charge in [-0.05, 0) is 17.7 Å². The molecule has 0 bridgehead atoms. The smallest absolute Gasteiger partial charge is 0.239 e. The van der Waals surface area contributed by atoms with Crippen molar-refractivity contribution in [3.63, 3.8) is 0 Å². The van der Waals surface area contributed by atoms with Crippen molar-refractivity contribution in [3.05, 3.63) is 53.1 Å². The molecule has 0 saturated heterocycles. The number of amides is 1. The first-order valence-corrected chi connectivity index (χ1v) is 6.02. The second kappa shape index (κ2) is 5.69. The fourth-order valence-corrected chi connectivity index (χ4v) is 1.80. The minimum absolute atomic E-state index is 0.0367. The van der Waals surface area contributed by atoms with Crippen LogP contribution in [0.4, 0.5) is 0 Å². The number of carbonyl (C=O) groups is 1. The van der Waals surface area contributed by atoms with E-state index in [1.54, 1.807) is 19.4 Å². The van der Waals surface area contributed by atoms with Gasteiger partial charge in [-0.3, -0.25) is 4.79 Å². The van der Waals surface area contributed by atoms with Crippen LogP contribution in [0.5, 0.6) is 0 Å². The molecule has 0 aliphatic heterocycles. The Kier molecular flexibility index (Phi) is 3.99. The molecule has 0 fully saturated rings. The molecule has 0 atom stereocenters. The van der Waals surface area contributed by atoms with Crippen molar-refractivity contribution in [3.8, 4) is 0 Å². The molecule has 0 saturated carbocycles. The van der Waals surface area contributed by atoms with Crippen molar-refractivity contribution in [1.29, 1.82) is 0 Å². The summed E-state index contributed by atoms with van der Waals surface area (Å²) in [6, 6.07) is 7.62. The van der Waals surface area contributed by atoms with Gasteiger partial charge in [0.25, 0.3) is 0 Å². The first-order valence-electron chi connectivity index (χ1n) is 5.64. The number of likely N-dealkylation sites (N-methyl/N-ethyl adjacent to an activating group) is 1. The Labute approximate surface area is 111 Å². The van der Waals surface area contributed by atoms with Crippen LogP contribution in [0.3, 0.4) is 0 Å². The lowest BCUT2D eigenvalue weighted by atomic mass is 10.1. The standard InChI is InChI=1S/C13H14ClN3O/c1-15-13(18)9-17-7-6-16-12(17)8-10-2-4-11(14)5-3-10/h2-7H,8-9H2,1H3,(H,15,18).